The van der Waals surface area contributed by atoms with Gasteiger partial charge in [-0.15, -0.1) is 0 Å². The van der Waals surface area contributed by atoms with Gasteiger partial charge in [0, 0.05) is 22.5 Å². The lowest BCUT2D eigenvalue weighted by Crippen LogP contribution is -2.27. The summed E-state index contributed by atoms with van der Waals surface area (Å²) in [6, 6.07) is 24.1. The second-order valence-corrected chi connectivity index (χ2v) is 7.01. The molecule has 0 aliphatic rings. The molecule has 0 bridgehead atoms. The summed E-state index contributed by atoms with van der Waals surface area (Å²) >= 11 is 6.18. The van der Waals surface area contributed by atoms with E-state index in [2.05, 4.69) is 5.32 Å². The summed E-state index contributed by atoms with van der Waals surface area (Å²) in [6.45, 7) is 0.368. The maximum Gasteiger partial charge on any atom is 0.344 e. The van der Waals surface area contributed by atoms with Crippen LogP contribution < -0.4 is 10.9 Å². The molecule has 4 rings (SSSR count). The molecular weight excluding hydrogens is 386 g/mol. The van der Waals surface area contributed by atoms with E-state index in [1.807, 2.05) is 66.7 Å². The van der Waals surface area contributed by atoms with Crippen LogP contribution in [-0.2, 0) is 6.42 Å². The van der Waals surface area contributed by atoms with Gasteiger partial charge in [0.15, 0.2) is 0 Å². The number of carbonyl (C=O) groups excluding carboxylic acids is 1. The van der Waals surface area contributed by atoms with Crippen molar-refractivity contribution in [3.05, 3.63) is 106 Å². The van der Waals surface area contributed by atoms with Gasteiger partial charge in [0.25, 0.3) is 5.91 Å². The monoisotopic (exact) mass is 403 g/mol. The number of hydrogen-bond acceptors (Lipinski definition) is 3. The van der Waals surface area contributed by atoms with Gasteiger partial charge in [0.1, 0.15) is 0 Å². The van der Waals surface area contributed by atoms with Gasteiger partial charge in [-0.2, -0.15) is 0 Å². The molecular formula is C24H18ClNO3. The first-order chi connectivity index (χ1) is 14.1. The van der Waals surface area contributed by atoms with E-state index in [4.69, 9.17) is 16.0 Å². The molecule has 1 N–H and O–H groups in total. The van der Waals surface area contributed by atoms with Crippen LogP contribution in [0.2, 0.25) is 5.02 Å². The fraction of sp³-hybridized carbons (Fsp3) is 0.0833. The predicted octanol–water partition coefficient (Wildman–Crippen LogP) is 5.09. The number of halogens is 1. The van der Waals surface area contributed by atoms with Crippen LogP contribution in [0.15, 0.2) is 88.1 Å². The Kier molecular flexibility index (Phi) is 5.45. The van der Waals surface area contributed by atoms with Crippen molar-refractivity contribution in [1.82, 2.24) is 5.32 Å². The fourth-order valence-corrected chi connectivity index (χ4v) is 3.57. The standard InChI is InChI=1S/C24H18ClNO3/c25-20-13-7-4-8-16(20)14-15-26-23(27)22-21(17-9-2-1-3-10-17)18-11-5-6-12-19(18)24(28)29-22/h1-13H,14-15H2,(H,26,27). The molecule has 1 amide bonds. The Labute approximate surface area is 172 Å². The fourth-order valence-electron chi connectivity index (χ4n) is 3.34. The van der Waals surface area contributed by atoms with Gasteiger partial charge in [-0.25, -0.2) is 4.79 Å². The molecule has 1 aromatic heterocycles. The maximum absolute atomic E-state index is 12.9. The van der Waals surface area contributed by atoms with Crippen LogP contribution in [0.3, 0.4) is 0 Å². The lowest BCUT2D eigenvalue weighted by Gasteiger charge is -2.12. The first kappa shape index (κ1) is 19.0. The Hall–Kier alpha value is -3.37. The Morgan fingerprint density at radius 2 is 1.52 bits per heavy atom. The maximum atomic E-state index is 12.9. The second-order valence-electron chi connectivity index (χ2n) is 6.60. The van der Waals surface area contributed by atoms with Crippen LogP contribution in [0, 0.1) is 0 Å². The number of benzene rings is 3. The van der Waals surface area contributed by atoms with E-state index in [-0.39, 0.29) is 5.76 Å². The lowest BCUT2D eigenvalue weighted by molar-refractivity contribution is 0.0923. The highest BCUT2D eigenvalue weighted by molar-refractivity contribution is 6.31. The first-order valence-corrected chi connectivity index (χ1v) is 9.66. The molecule has 5 heteroatoms. The summed E-state index contributed by atoms with van der Waals surface area (Å²) in [5, 5.41) is 4.63. The van der Waals surface area contributed by atoms with Gasteiger partial charge in [0.2, 0.25) is 5.76 Å². The summed E-state index contributed by atoms with van der Waals surface area (Å²) < 4.78 is 5.47. The highest BCUT2D eigenvalue weighted by Crippen LogP contribution is 2.30. The molecule has 0 unspecified atom stereocenters. The number of amides is 1. The molecule has 0 saturated heterocycles. The molecule has 3 aromatic carbocycles. The number of hydrogen-bond donors (Lipinski definition) is 1. The first-order valence-electron chi connectivity index (χ1n) is 9.28. The van der Waals surface area contributed by atoms with Gasteiger partial charge < -0.3 is 9.73 Å². The van der Waals surface area contributed by atoms with Crippen molar-refractivity contribution in [2.45, 2.75) is 6.42 Å². The van der Waals surface area contributed by atoms with Gasteiger partial charge in [-0.05, 0) is 29.7 Å². The van der Waals surface area contributed by atoms with Crippen LogP contribution in [0.1, 0.15) is 16.1 Å². The smallest absolute Gasteiger partial charge is 0.344 e. The van der Waals surface area contributed by atoms with E-state index in [0.717, 1.165) is 11.1 Å². The highest BCUT2D eigenvalue weighted by atomic mass is 35.5. The molecule has 144 valence electrons. The van der Waals surface area contributed by atoms with Crippen molar-refractivity contribution in [2.75, 3.05) is 6.54 Å². The van der Waals surface area contributed by atoms with Gasteiger partial charge >= 0.3 is 5.63 Å². The largest absolute Gasteiger partial charge is 0.416 e. The molecule has 29 heavy (non-hydrogen) atoms. The minimum absolute atomic E-state index is 0.0130. The molecule has 1 heterocycles. The number of rotatable bonds is 5. The van der Waals surface area contributed by atoms with E-state index < -0.39 is 11.5 Å². The van der Waals surface area contributed by atoms with E-state index >= 15 is 0 Å². The van der Waals surface area contributed by atoms with Crippen LogP contribution in [-0.4, -0.2) is 12.5 Å². The summed E-state index contributed by atoms with van der Waals surface area (Å²) in [4.78, 5) is 25.4. The molecule has 0 atom stereocenters. The number of fused-ring (bicyclic) bond motifs is 1. The zero-order valence-corrected chi connectivity index (χ0v) is 16.3. The summed E-state index contributed by atoms with van der Waals surface area (Å²) in [7, 11) is 0. The highest BCUT2D eigenvalue weighted by Gasteiger charge is 2.21. The van der Waals surface area contributed by atoms with Crippen molar-refractivity contribution >= 4 is 28.3 Å². The zero-order chi connectivity index (χ0) is 20.2. The average Bonchev–Trinajstić information content (AvgIpc) is 2.75. The number of nitrogens with one attached hydrogen (secondary N) is 1. The Bertz CT molecular complexity index is 1230. The van der Waals surface area contributed by atoms with Crippen molar-refractivity contribution < 1.29 is 9.21 Å². The van der Waals surface area contributed by atoms with E-state index in [1.165, 1.54) is 0 Å². The Balaban J connectivity index is 1.70. The van der Waals surface area contributed by atoms with E-state index in [1.54, 1.807) is 12.1 Å². The van der Waals surface area contributed by atoms with Gasteiger partial charge in [-0.3, -0.25) is 4.79 Å². The van der Waals surface area contributed by atoms with E-state index in [0.29, 0.717) is 34.3 Å². The SMILES string of the molecule is O=C(NCCc1ccccc1Cl)c1oc(=O)c2ccccc2c1-c1ccccc1. The molecule has 4 nitrogen and oxygen atoms in total. The van der Waals surface area contributed by atoms with Crippen LogP contribution in [0.25, 0.3) is 21.9 Å². The Morgan fingerprint density at radius 1 is 0.862 bits per heavy atom. The minimum Gasteiger partial charge on any atom is -0.416 e. The molecule has 0 fully saturated rings. The quantitative estimate of drug-likeness (QED) is 0.505. The predicted molar refractivity (Wildman–Crippen MR) is 115 cm³/mol. The minimum atomic E-state index is -0.531. The van der Waals surface area contributed by atoms with Crippen LogP contribution in [0.5, 0.6) is 0 Å². The molecule has 4 aromatic rings. The topological polar surface area (TPSA) is 59.3 Å². The Morgan fingerprint density at radius 3 is 2.28 bits per heavy atom. The third-order valence-corrected chi connectivity index (χ3v) is 5.11. The van der Waals surface area contributed by atoms with Crippen molar-refractivity contribution in [3.63, 3.8) is 0 Å². The number of carbonyl (C=O) groups is 1. The van der Waals surface area contributed by atoms with Crippen molar-refractivity contribution in [1.29, 1.82) is 0 Å². The summed E-state index contributed by atoms with van der Waals surface area (Å²) in [5.74, 6) is -0.419. The van der Waals surface area contributed by atoms with Crippen molar-refractivity contribution in [3.8, 4) is 11.1 Å². The molecule has 0 saturated carbocycles. The molecule has 0 aliphatic carbocycles. The third kappa shape index (κ3) is 3.93. The van der Waals surface area contributed by atoms with Crippen LogP contribution in [0.4, 0.5) is 0 Å². The van der Waals surface area contributed by atoms with Gasteiger partial charge in [-0.1, -0.05) is 78.3 Å². The van der Waals surface area contributed by atoms with Crippen LogP contribution >= 0.6 is 11.6 Å². The molecule has 0 spiro atoms. The molecule has 0 radical (unpaired) electrons. The summed E-state index contributed by atoms with van der Waals surface area (Å²) in [6.07, 6.45) is 0.573. The third-order valence-electron chi connectivity index (χ3n) is 4.74. The van der Waals surface area contributed by atoms with Crippen molar-refractivity contribution in [2.24, 2.45) is 0 Å². The zero-order valence-electron chi connectivity index (χ0n) is 15.5. The average molecular weight is 404 g/mol. The lowest BCUT2D eigenvalue weighted by atomic mass is 9.98. The molecule has 0 aliphatic heterocycles. The summed E-state index contributed by atoms with van der Waals surface area (Å²) in [5.41, 5.74) is 1.83. The van der Waals surface area contributed by atoms with Gasteiger partial charge in [0.05, 0.1) is 5.39 Å². The van der Waals surface area contributed by atoms with E-state index in [9.17, 15) is 9.59 Å². The normalized spacial score (nSPS) is 10.8. The second kappa shape index (κ2) is 8.33.